The summed E-state index contributed by atoms with van der Waals surface area (Å²) in [5, 5.41) is 0. The second kappa shape index (κ2) is 7.00. The minimum atomic E-state index is -4.86. The summed E-state index contributed by atoms with van der Waals surface area (Å²) in [6.45, 7) is -1.90. The molecule has 0 fully saturated rings. The number of oxazole rings is 1. The van der Waals surface area contributed by atoms with Crippen LogP contribution in [-0.2, 0) is 6.18 Å². The monoisotopic (exact) mass is 429 g/mol. The topological polar surface area (TPSA) is 81.0 Å². The molecule has 3 rings (SSSR count). The van der Waals surface area contributed by atoms with E-state index in [1.165, 1.54) is 0 Å². The van der Waals surface area contributed by atoms with Gasteiger partial charge in [0.05, 0.1) is 17.5 Å². The number of benzene rings is 1. The molecular formula is C15H7F8N3O3. The van der Waals surface area contributed by atoms with E-state index in [9.17, 15) is 39.9 Å². The van der Waals surface area contributed by atoms with Crippen LogP contribution in [0.1, 0.15) is 17.7 Å². The number of hydrogen-bond acceptors (Lipinski definition) is 5. The van der Waals surface area contributed by atoms with Gasteiger partial charge < -0.3 is 9.15 Å². The summed E-state index contributed by atoms with van der Waals surface area (Å²) >= 11 is 0. The first-order valence-electron chi connectivity index (χ1n) is 7.45. The number of nitrogens with one attached hydrogen (secondary N) is 1. The molecule has 2 aromatic heterocycles. The molecule has 0 unspecified atom stereocenters. The molecule has 0 aliphatic carbocycles. The van der Waals surface area contributed by atoms with E-state index < -0.39 is 65.1 Å². The zero-order chi connectivity index (χ0) is 21.6. The summed E-state index contributed by atoms with van der Waals surface area (Å²) in [7, 11) is 0. The predicted molar refractivity (Wildman–Crippen MR) is 79.4 cm³/mol. The summed E-state index contributed by atoms with van der Waals surface area (Å²) in [6, 6.07) is 1.36. The summed E-state index contributed by atoms with van der Waals surface area (Å²) in [4.78, 5) is 20.0. The fourth-order valence-corrected chi connectivity index (χ4v) is 2.40. The molecule has 0 radical (unpaired) electrons. The van der Waals surface area contributed by atoms with Crippen molar-refractivity contribution in [3.05, 3.63) is 40.1 Å². The molecule has 0 atom stereocenters. The Morgan fingerprint density at radius 1 is 1.14 bits per heavy atom. The lowest BCUT2D eigenvalue weighted by Gasteiger charge is -2.13. The summed E-state index contributed by atoms with van der Waals surface area (Å²) in [5.41, 5.74) is -4.70. The number of alkyl halides is 8. The Labute approximate surface area is 154 Å². The fraction of sp³-hybridized carbons (Fsp3) is 0.267. The second-order valence-corrected chi connectivity index (χ2v) is 5.53. The Morgan fingerprint density at radius 3 is 2.41 bits per heavy atom. The molecule has 6 nitrogen and oxygen atoms in total. The molecule has 29 heavy (non-hydrogen) atoms. The lowest BCUT2D eigenvalue weighted by molar-refractivity contribution is -0.154. The molecule has 0 saturated carbocycles. The highest BCUT2D eigenvalue weighted by Crippen LogP contribution is 2.38. The summed E-state index contributed by atoms with van der Waals surface area (Å²) < 4.78 is 111. The maximum atomic E-state index is 13.2. The van der Waals surface area contributed by atoms with Crippen LogP contribution in [0.5, 0.6) is 5.88 Å². The van der Waals surface area contributed by atoms with Gasteiger partial charge in [-0.15, -0.1) is 0 Å². The number of H-pyrrole nitrogens is 1. The molecule has 0 saturated heterocycles. The van der Waals surface area contributed by atoms with E-state index in [0.717, 1.165) is 6.07 Å². The van der Waals surface area contributed by atoms with Crippen molar-refractivity contribution in [2.24, 2.45) is 0 Å². The van der Waals surface area contributed by atoms with Crippen LogP contribution < -0.4 is 10.5 Å². The summed E-state index contributed by atoms with van der Waals surface area (Å²) in [5.74, 6) is -2.34. The molecule has 2 heterocycles. The van der Waals surface area contributed by atoms with Crippen LogP contribution in [0.15, 0.2) is 27.5 Å². The SMILES string of the molecule is O=c1[nH]c2c(C(F)(F)F)ccc(-c3cnc(OCC(F)(F)F)c(C(F)F)n3)c2o1. The standard InChI is InChI=1S/C15H7F8N3O3/c16-11(17)9-12(28-4-14(18,19)20)24-3-7(25-9)5-1-2-6(15(21,22)23)8-10(5)29-13(27)26-8/h1-3,11H,4H2,(H,26,27). The normalized spacial score (nSPS) is 12.7. The van der Waals surface area contributed by atoms with Gasteiger partial charge in [-0.1, -0.05) is 0 Å². The molecule has 156 valence electrons. The fourth-order valence-electron chi connectivity index (χ4n) is 2.40. The number of fused-ring (bicyclic) bond motifs is 1. The maximum absolute atomic E-state index is 13.2. The van der Waals surface area contributed by atoms with Crippen molar-refractivity contribution in [2.75, 3.05) is 6.61 Å². The van der Waals surface area contributed by atoms with Gasteiger partial charge in [0.15, 0.2) is 17.9 Å². The van der Waals surface area contributed by atoms with Crippen LogP contribution >= 0.6 is 0 Å². The van der Waals surface area contributed by atoms with Crippen molar-refractivity contribution in [1.29, 1.82) is 0 Å². The number of ether oxygens (including phenoxy) is 1. The van der Waals surface area contributed by atoms with Crippen molar-refractivity contribution in [3.63, 3.8) is 0 Å². The zero-order valence-electron chi connectivity index (χ0n) is 13.7. The van der Waals surface area contributed by atoms with Crippen LogP contribution in [0.3, 0.4) is 0 Å². The van der Waals surface area contributed by atoms with Gasteiger partial charge in [0.25, 0.3) is 6.43 Å². The van der Waals surface area contributed by atoms with Crippen LogP contribution in [0.4, 0.5) is 35.1 Å². The maximum Gasteiger partial charge on any atom is 0.422 e. The first-order chi connectivity index (χ1) is 13.4. The van der Waals surface area contributed by atoms with Gasteiger partial charge in [-0.25, -0.2) is 23.5 Å². The third-order valence-corrected chi connectivity index (χ3v) is 3.50. The van der Waals surface area contributed by atoms with Gasteiger partial charge in [0.1, 0.15) is 5.52 Å². The van der Waals surface area contributed by atoms with E-state index in [-0.39, 0.29) is 5.56 Å². The van der Waals surface area contributed by atoms with Crippen molar-refractivity contribution < 1.29 is 44.3 Å². The number of aromatic nitrogens is 3. The molecule has 0 aliphatic heterocycles. The van der Waals surface area contributed by atoms with E-state index in [2.05, 4.69) is 19.1 Å². The quantitative estimate of drug-likeness (QED) is 0.619. The Balaban J connectivity index is 2.13. The average molecular weight is 429 g/mol. The minimum Gasteiger partial charge on any atom is -0.467 e. The molecular weight excluding hydrogens is 422 g/mol. The Hall–Kier alpha value is -3.19. The Bertz CT molecular complexity index is 1100. The van der Waals surface area contributed by atoms with Gasteiger partial charge in [0.2, 0.25) is 5.88 Å². The van der Waals surface area contributed by atoms with Crippen LogP contribution in [0.2, 0.25) is 0 Å². The first kappa shape index (κ1) is 20.5. The Kier molecular flexibility index (Phi) is 4.96. The third-order valence-electron chi connectivity index (χ3n) is 3.50. The minimum absolute atomic E-state index is 0.317. The van der Waals surface area contributed by atoms with Gasteiger partial charge >= 0.3 is 18.1 Å². The molecule has 0 aliphatic rings. The molecule has 0 amide bonds. The van der Waals surface area contributed by atoms with Crippen molar-refractivity contribution in [2.45, 2.75) is 18.8 Å². The van der Waals surface area contributed by atoms with Crippen LogP contribution in [0, 0.1) is 0 Å². The number of halogens is 8. The largest absolute Gasteiger partial charge is 0.467 e. The number of hydrogen-bond donors (Lipinski definition) is 1. The van der Waals surface area contributed by atoms with Crippen LogP contribution in [0.25, 0.3) is 22.4 Å². The zero-order valence-corrected chi connectivity index (χ0v) is 13.7. The van der Waals surface area contributed by atoms with Crippen molar-refractivity contribution in [1.82, 2.24) is 15.0 Å². The molecule has 3 aromatic rings. The second-order valence-electron chi connectivity index (χ2n) is 5.53. The predicted octanol–water partition coefficient (Wildman–Crippen LogP) is 4.48. The van der Waals surface area contributed by atoms with Gasteiger partial charge in [-0.3, -0.25) is 4.98 Å². The van der Waals surface area contributed by atoms with E-state index in [0.29, 0.717) is 12.3 Å². The highest BCUT2D eigenvalue weighted by atomic mass is 19.4. The van der Waals surface area contributed by atoms with Crippen molar-refractivity contribution >= 4 is 11.1 Å². The third kappa shape index (κ3) is 4.30. The van der Waals surface area contributed by atoms with Gasteiger partial charge in [-0.05, 0) is 12.1 Å². The summed E-state index contributed by atoms with van der Waals surface area (Å²) in [6.07, 6.45) is -12.4. The first-order valence-corrected chi connectivity index (χ1v) is 7.45. The van der Waals surface area contributed by atoms with Crippen molar-refractivity contribution in [3.8, 4) is 17.1 Å². The lowest BCUT2D eigenvalue weighted by Crippen LogP contribution is -2.20. The van der Waals surface area contributed by atoms with E-state index in [4.69, 9.17) is 0 Å². The van der Waals surface area contributed by atoms with E-state index in [1.54, 1.807) is 0 Å². The smallest absolute Gasteiger partial charge is 0.422 e. The lowest BCUT2D eigenvalue weighted by atomic mass is 10.1. The molecule has 0 bridgehead atoms. The number of rotatable bonds is 4. The molecule has 1 aromatic carbocycles. The highest BCUT2D eigenvalue weighted by Gasteiger charge is 2.35. The van der Waals surface area contributed by atoms with Gasteiger partial charge in [-0.2, -0.15) is 26.3 Å². The van der Waals surface area contributed by atoms with E-state index in [1.807, 2.05) is 4.98 Å². The molecule has 14 heteroatoms. The highest BCUT2D eigenvalue weighted by molar-refractivity contribution is 5.91. The molecule has 1 N–H and O–H groups in total. The van der Waals surface area contributed by atoms with Gasteiger partial charge in [0, 0.05) is 5.56 Å². The Morgan fingerprint density at radius 2 is 1.83 bits per heavy atom. The average Bonchev–Trinajstić information content (AvgIpc) is 2.98. The van der Waals surface area contributed by atoms with Crippen LogP contribution in [-0.4, -0.2) is 27.7 Å². The number of aromatic amines is 1. The van der Waals surface area contributed by atoms with E-state index >= 15 is 0 Å². The number of nitrogens with zero attached hydrogens (tertiary/aromatic N) is 2. The molecule has 0 spiro atoms.